The van der Waals surface area contributed by atoms with Gasteiger partial charge in [-0.25, -0.2) is 0 Å². The molecule has 0 spiro atoms. The number of hydrogen-bond donors (Lipinski definition) is 1. The van der Waals surface area contributed by atoms with E-state index in [-0.39, 0.29) is 17.9 Å². The summed E-state index contributed by atoms with van der Waals surface area (Å²) >= 11 is 4.85. The molecular weight excluding hydrogens is 250 g/mol. The molecule has 2 heterocycles. The Balaban J connectivity index is 2.35. The van der Waals surface area contributed by atoms with Crippen LogP contribution in [0.15, 0.2) is 18.5 Å². The Bertz CT molecular complexity index is 495. The van der Waals surface area contributed by atoms with Gasteiger partial charge in [0.25, 0.3) is 11.8 Å². The Labute approximate surface area is 110 Å². The van der Waals surface area contributed by atoms with E-state index in [4.69, 9.17) is 18.0 Å². The zero-order valence-electron chi connectivity index (χ0n) is 9.92. The molecule has 5 nitrogen and oxygen atoms in total. The lowest BCUT2D eigenvalue weighted by Gasteiger charge is -2.24. The van der Waals surface area contributed by atoms with Gasteiger partial charge in [-0.1, -0.05) is 19.1 Å². The first kappa shape index (κ1) is 12.6. The number of carbonyl (C=O) groups excluding carboxylic acids is 2. The summed E-state index contributed by atoms with van der Waals surface area (Å²) in [5, 5.41) is 0. The molecule has 1 aromatic heterocycles. The first-order chi connectivity index (χ1) is 8.56. The smallest absolute Gasteiger partial charge is 0.263 e. The van der Waals surface area contributed by atoms with E-state index in [1.807, 2.05) is 6.92 Å². The van der Waals surface area contributed by atoms with Gasteiger partial charge in [-0.05, 0) is 12.5 Å². The molecule has 2 amide bonds. The number of thiocarbonyl (C=S) groups is 1. The largest absolute Gasteiger partial charge is 0.393 e. The standard InChI is InChI=1S/C12H13N3O2S/c1-2-7(5-10(13)18)15-11(16)8-3-4-14-6-9(8)12(15)17/h3-4,6-7H,2,5H2,1H3,(H2,13,18). The van der Waals surface area contributed by atoms with Crippen molar-refractivity contribution in [2.45, 2.75) is 25.8 Å². The van der Waals surface area contributed by atoms with Crippen LogP contribution in [-0.4, -0.2) is 32.7 Å². The van der Waals surface area contributed by atoms with Gasteiger partial charge in [0, 0.05) is 24.9 Å². The van der Waals surface area contributed by atoms with Crippen LogP contribution in [0.3, 0.4) is 0 Å². The number of carbonyl (C=O) groups is 2. The minimum Gasteiger partial charge on any atom is -0.393 e. The summed E-state index contributed by atoms with van der Waals surface area (Å²) in [4.78, 5) is 29.8. The molecule has 0 radical (unpaired) electrons. The van der Waals surface area contributed by atoms with Crippen LogP contribution in [-0.2, 0) is 0 Å². The Morgan fingerprint density at radius 1 is 1.44 bits per heavy atom. The fourth-order valence-corrected chi connectivity index (χ4v) is 2.28. The third kappa shape index (κ3) is 1.99. The lowest BCUT2D eigenvalue weighted by molar-refractivity contribution is 0.0585. The average Bonchev–Trinajstić information content (AvgIpc) is 2.60. The Morgan fingerprint density at radius 3 is 2.67 bits per heavy atom. The number of amides is 2. The van der Waals surface area contributed by atoms with Crippen molar-refractivity contribution in [3.8, 4) is 0 Å². The number of imide groups is 1. The van der Waals surface area contributed by atoms with Crippen molar-refractivity contribution >= 4 is 29.0 Å². The van der Waals surface area contributed by atoms with Gasteiger partial charge in [-0.2, -0.15) is 0 Å². The number of nitrogens with two attached hydrogens (primary N) is 1. The highest BCUT2D eigenvalue weighted by atomic mass is 32.1. The first-order valence-corrected chi connectivity index (χ1v) is 6.07. The van der Waals surface area contributed by atoms with Crippen LogP contribution in [0.5, 0.6) is 0 Å². The summed E-state index contributed by atoms with van der Waals surface area (Å²) in [6.07, 6.45) is 3.89. The van der Waals surface area contributed by atoms with Crippen molar-refractivity contribution in [3.63, 3.8) is 0 Å². The van der Waals surface area contributed by atoms with Crippen molar-refractivity contribution in [1.82, 2.24) is 9.88 Å². The van der Waals surface area contributed by atoms with E-state index in [2.05, 4.69) is 4.98 Å². The van der Waals surface area contributed by atoms with E-state index in [0.29, 0.717) is 29.0 Å². The predicted molar refractivity (Wildman–Crippen MR) is 70.2 cm³/mol. The molecule has 6 heteroatoms. The summed E-state index contributed by atoms with van der Waals surface area (Å²) in [6.45, 7) is 1.89. The van der Waals surface area contributed by atoms with Gasteiger partial charge in [0.05, 0.1) is 16.1 Å². The zero-order valence-corrected chi connectivity index (χ0v) is 10.7. The molecule has 0 aromatic carbocycles. The lowest BCUT2D eigenvalue weighted by atomic mass is 10.1. The monoisotopic (exact) mass is 263 g/mol. The van der Waals surface area contributed by atoms with Crippen LogP contribution in [0.4, 0.5) is 0 Å². The highest BCUT2D eigenvalue weighted by Crippen LogP contribution is 2.25. The van der Waals surface area contributed by atoms with Crippen LogP contribution in [0.1, 0.15) is 40.5 Å². The maximum Gasteiger partial charge on any atom is 0.263 e. The third-order valence-electron chi connectivity index (χ3n) is 2.99. The second-order valence-corrected chi connectivity index (χ2v) is 4.66. The van der Waals surface area contributed by atoms with Crippen molar-refractivity contribution in [2.75, 3.05) is 0 Å². The summed E-state index contributed by atoms with van der Waals surface area (Å²) in [5.41, 5.74) is 6.25. The van der Waals surface area contributed by atoms with Crippen LogP contribution in [0, 0.1) is 0 Å². The number of pyridine rings is 1. The molecule has 0 aliphatic carbocycles. The Kier molecular flexibility index (Phi) is 3.38. The SMILES string of the molecule is CCC(CC(N)=S)N1C(=O)c2ccncc2C1=O. The maximum absolute atomic E-state index is 12.2. The molecule has 0 saturated heterocycles. The van der Waals surface area contributed by atoms with E-state index < -0.39 is 0 Å². The molecule has 0 bridgehead atoms. The van der Waals surface area contributed by atoms with E-state index in [9.17, 15) is 9.59 Å². The number of fused-ring (bicyclic) bond motifs is 1. The molecule has 1 aliphatic rings. The van der Waals surface area contributed by atoms with Gasteiger partial charge >= 0.3 is 0 Å². The summed E-state index contributed by atoms with van der Waals surface area (Å²) in [5.74, 6) is -0.605. The second kappa shape index (κ2) is 4.81. The fourth-order valence-electron chi connectivity index (χ4n) is 2.09. The van der Waals surface area contributed by atoms with E-state index in [0.717, 1.165) is 0 Å². The van der Waals surface area contributed by atoms with E-state index in [1.54, 1.807) is 6.07 Å². The van der Waals surface area contributed by atoms with E-state index >= 15 is 0 Å². The van der Waals surface area contributed by atoms with Gasteiger partial charge in [-0.3, -0.25) is 19.5 Å². The molecule has 1 unspecified atom stereocenters. The number of aromatic nitrogens is 1. The van der Waals surface area contributed by atoms with Crippen molar-refractivity contribution in [1.29, 1.82) is 0 Å². The highest BCUT2D eigenvalue weighted by molar-refractivity contribution is 7.80. The summed E-state index contributed by atoms with van der Waals surface area (Å²) in [6, 6.07) is 1.28. The average molecular weight is 263 g/mol. The van der Waals surface area contributed by atoms with Gasteiger partial charge in [0.1, 0.15) is 0 Å². The summed E-state index contributed by atoms with van der Waals surface area (Å²) < 4.78 is 0. The van der Waals surface area contributed by atoms with E-state index in [1.165, 1.54) is 17.3 Å². The topological polar surface area (TPSA) is 76.3 Å². The minimum atomic E-state index is -0.314. The predicted octanol–water partition coefficient (Wildman–Crippen LogP) is 1.13. The number of hydrogen-bond acceptors (Lipinski definition) is 4. The van der Waals surface area contributed by atoms with Gasteiger partial charge < -0.3 is 5.73 Å². The fraction of sp³-hybridized carbons (Fsp3) is 0.333. The van der Waals surface area contributed by atoms with Crippen LogP contribution < -0.4 is 5.73 Å². The molecule has 1 aromatic rings. The highest BCUT2D eigenvalue weighted by Gasteiger charge is 2.39. The van der Waals surface area contributed by atoms with Crippen molar-refractivity contribution in [2.24, 2.45) is 5.73 Å². The second-order valence-electron chi connectivity index (χ2n) is 4.13. The first-order valence-electron chi connectivity index (χ1n) is 5.66. The number of nitrogens with zero attached hydrogens (tertiary/aromatic N) is 2. The maximum atomic E-state index is 12.2. The molecule has 2 rings (SSSR count). The van der Waals surface area contributed by atoms with Gasteiger partial charge in [0.2, 0.25) is 0 Å². The van der Waals surface area contributed by atoms with Gasteiger partial charge in [0.15, 0.2) is 0 Å². The van der Waals surface area contributed by atoms with Crippen LogP contribution in [0.2, 0.25) is 0 Å². The zero-order chi connectivity index (χ0) is 13.3. The minimum absolute atomic E-state index is 0.282. The quantitative estimate of drug-likeness (QED) is 0.651. The Hall–Kier alpha value is -1.82. The molecule has 2 N–H and O–H groups in total. The molecule has 0 saturated carbocycles. The van der Waals surface area contributed by atoms with Crippen molar-refractivity contribution in [3.05, 3.63) is 29.6 Å². The summed E-state index contributed by atoms with van der Waals surface area (Å²) in [7, 11) is 0. The molecule has 94 valence electrons. The molecule has 1 aliphatic heterocycles. The van der Waals surface area contributed by atoms with Gasteiger partial charge in [-0.15, -0.1) is 0 Å². The van der Waals surface area contributed by atoms with Crippen LogP contribution >= 0.6 is 12.2 Å². The normalized spacial score (nSPS) is 15.7. The van der Waals surface area contributed by atoms with Crippen LogP contribution in [0.25, 0.3) is 0 Å². The third-order valence-corrected chi connectivity index (χ3v) is 3.16. The lowest BCUT2D eigenvalue weighted by Crippen LogP contribution is -2.41. The molecule has 1 atom stereocenters. The van der Waals surface area contributed by atoms with Crippen molar-refractivity contribution < 1.29 is 9.59 Å². The molecular formula is C12H13N3O2S. The molecule has 0 fully saturated rings. The molecule has 18 heavy (non-hydrogen) atoms. The Morgan fingerprint density at radius 2 is 2.11 bits per heavy atom. The number of rotatable bonds is 4.